The summed E-state index contributed by atoms with van der Waals surface area (Å²) in [5.74, 6) is -0.557. The van der Waals surface area contributed by atoms with Crippen LogP contribution >= 0.6 is 0 Å². The second-order valence-electron chi connectivity index (χ2n) is 5.39. The van der Waals surface area contributed by atoms with E-state index in [1.54, 1.807) is 12.1 Å². The van der Waals surface area contributed by atoms with Gasteiger partial charge < -0.3 is 0 Å². The first-order valence-corrected chi connectivity index (χ1v) is 6.90. The maximum absolute atomic E-state index is 13.1. The van der Waals surface area contributed by atoms with Crippen molar-refractivity contribution in [3.8, 4) is 0 Å². The fraction of sp³-hybridized carbons (Fsp3) is 0.500. The van der Waals surface area contributed by atoms with Crippen LogP contribution in [0.5, 0.6) is 0 Å². The van der Waals surface area contributed by atoms with Crippen LogP contribution in [0, 0.1) is 23.5 Å². The Labute approximate surface area is 112 Å². The molecule has 0 saturated heterocycles. The zero-order chi connectivity index (χ0) is 13.7. The highest BCUT2D eigenvalue weighted by Gasteiger charge is 2.19. The van der Waals surface area contributed by atoms with E-state index in [9.17, 15) is 13.2 Å². The van der Waals surface area contributed by atoms with Crippen LogP contribution in [0.2, 0.25) is 0 Å². The fourth-order valence-corrected chi connectivity index (χ4v) is 2.84. The minimum atomic E-state index is -0.790. The van der Waals surface area contributed by atoms with Gasteiger partial charge in [-0.05, 0) is 68.1 Å². The van der Waals surface area contributed by atoms with Crippen molar-refractivity contribution in [1.29, 1.82) is 0 Å². The zero-order valence-corrected chi connectivity index (χ0v) is 10.9. The van der Waals surface area contributed by atoms with Crippen LogP contribution in [0.4, 0.5) is 13.2 Å². The molecule has 1 aromatic carbocycles. The second-order valence-corrected chi connectivity index (χ2v) is 5.39. The molecule has 1 fully saturated rings. The molecule has 1 aliphatic rings. The molecule has 0 radical (unpaired) electrons. The molecular weight excluding hydrogens is 249 g/mol. The van der Waals surface area contributed by atoms with Crippen molar-refractivity contribution in [3.05, 3.63) is 47.8 Å². The van der Waals surface area contributed by atoms with Gasteiger partial charge in [-0.2, -0.15) is 0 Å². The molecule has 1 aliphatic carbocycles. The normalized spacial score (nSPS) is 23.9. The van der Waals surface area contributed by atoms with E-state index in [1.165, 1.54) is 12.1 Å². The standard InChI is InChI=1S/C16H19F3/c17-10-9-13-3-1-12(2-4-13)5-6-14-7-8-15(18)16(19)11-14/h7-13H,1-6H2. The summed E-state index contributed by atoms with van der Waals surface area (Å²) >= 11 is 0. The smallest absolute Gasteiger partial charge is 0.159 e. The van der Waals surface area contributed by atoms with Gasteiger partial charge in [-0.25, -0.2) is 13.2 Å². The molecule has 0 unspecified atom stereocenters. The summed E-state index contributed by atoms with van der Waals surface area (Å²) < 4.78 is 37.9. The quantitative estimate of drug-likeness (QED) is 0.705. The molecule has 0 N–H and O–H groups in total. The third-order valence-corrected chi connectivity index (χ3v) is 4.06. The molecule has 104 valence electrons. The SMILES string of the molecule is FC=CC1CCC(CCc2ccc(F)c(F)c2)CC1. The molecule has 0 aromatic heterocycles. The number of halogens is 3. The molecule has 3 heteroatoms. The summed E-state index contributed by atoms with van der Waals surface area (Å²) in [4.78, 5) is 0. The van der Waals surface area contributed by atoms with Crippen molar-refractivity contribution in [2.45, 2.75) is 38.5 Å². The number of hydrogen-bond acceptors (Lipinski definition) is 0. The molecule has 1 aromatic rings. The van der Waals surface area contributed by atoms with Crippen molar-refractivity contribution in [2.75, 3.05) is 0 Å². The number of hydrogen-bond donors (Lipinski definition) is 0. The summed E-state index contributed by atoms with van der Waals surface area (Å²) in [6.45, 7) is 0. The van der Waals surface area contributed by atoms with Crippen LogP contribution < -0.4 is 0 Å². The van der Waals surface area contributed by atoms with Crippen LogP contribution in [0.25, 0.3) is 0 Å². The Morgan fingerprint density at radius 1 is 1.05 bits per heavy atom. The highest BCUT2D eigenvalue weighted by atomic mass is 19.2. The molecule has 0 atom stereocenters. The maximum atomic E-state index is 13.1. The van der Waals surface area contributed by atoms with Crippen molar-refractivity contribution in [2.24, 2.45) is 11.8 Å². The van der Waals surface area contributed by atoms with Gasteiger partial charge in [0.15, 0.2) is 11.6 Å². The summed E-state index contributed by atoms with van der Waals surface area (Å²) in [5.41, 5.74) is 0.852. The minimum Gasteiger partial charge on any atom is -0.216 e. The van der Waals surface area contributed by atoms with Gasteiger partial charge in [0.05, 0.1) is 6.33 Å². The van der Waals surface area contributed by atoms with Crippen molar-refractivity contribution in [3.63, 3.8) is 0 Å². The lowest BCUT2D eigenvalue weighted by Gasteiger charge is -2.26. The predicted octanol–water partition coefficient (Wildman–Crippen LogP) is 5.19. The molecule has 0 spiro atoms. The molecule has 2 rings (SSSR count). The molecule has 0 heterocycles. The zero-order valence-electron chi connectivity index (χ0n) is 10.9. The maximum Gasteiger partial charge on any atom is 0.159 e. The highest BCUT2D eigenvalue weighted by Crippen LogP contribution is 2.32. The monoisotopic (exact) mass is 268 g/mol. The van der Waals surface area contributed by atoms with E-state index in [4.69, 9.17) is 0 Å². The Balaban J connectivity index is 1.78. The summed E-state index contributed by atoms with van der Waals surface area (Å²) in [6.07, 6.45) is 8.32. The van der Waals surface area contributed by atoms with Gasteiger partial charge in [-0.3, -0.25) is 0 Å². The van der Waals surface area contributed by atoms with Gasteiger partial charge in [-0.1, -0.05) is 12.1 Å². The molecule has 19 heavy (non-hydrogen) atoms. The topological polar surface area (TPSA) is 0 Å². The molecule has 0 nitrogen and oxygen atoms in total. The van der Waals surface area contributed by atoms with Gasteiger partial charge >= 0.3 is 0 Å². The van der Waals surface area contributed by atoms with E-state index >= 15 is 0 Å². The van der Waals surface area contributed by atoms with Crippen molar-refractivity contribution < 1.29 is 13.2 Å². The Hall–Kier alpha value is -1.25. The van der Waals surface area contributed by atoms with Gasteiger partial charge in [0.2, 0.25) is 0 Å². The Morgan fingerprint density at radius 2 is 1.79 bits per heavy atom. The molecule has 1 saturated carbocycles. The lowest BCUT2D eigenvalue weighted by Crippen LogP contribution is -2.13. The summed E-state index contributed by atoms with van der Waals surface area (Å²) in [7, 11) is 0. The van der Waals surface area contributed by atoms with Crippen molar-refractivity contribution in [1.82, 2.24) is 0 Å². The fourth-order valence-electron chi connectivity index (χ4n) is 2.84. The highest BCUT2D eigenvalue weighted by molar-refractivity contribution is 5.17. The van der Waals surface area contributed by atoms with Crippen LogP contribution in [0.15, 0.2) is 30.6 Å². The van der Waals surface area contributed by atoms with Crippen LogP contribution in [0.3, 0.4) is 0 Å². The third kappa shape index (κ3) is 4.12. The van der Waals surface area contributed by atoms with Crippen LogP contribution in [-0.2, 0) is 6.42 Å². The summed E-state index contributed by atoms with van der Waals surface area (Å²) in [6, 6.07) is 4.12. The van der Waals surface area contributed by atoms with Gasteiger partial charge in [-0.15, -0.1) is 0 Å². The van der Waals surface area contributed by atoms with Gasteiger partial charge in [0, 0.05) is 0 Å². The first-order valence-electron chi connectivity index (χ1n) is 6.90. The Morgan fingerprint density at radius 3 is 2.42 bits per heavy atom. The molecular formula is C16H19F3. The average Bonchev–Trinajstić information content (AvgIpc) is 2.42. The van der Waals surface area contributed by atoms with E-state index < -0.39 is 11.6 Å². The van der Waals surface area contributed by atoms with Gasteiger partial charge in [0.1, 0.15) is 0 Å². The second kappa shape index (κ2) is 6.78. The third-order valence-electron chi connectivity index (χ3n) is 4.06. The van der Waals surface area contributed by atoms with E-state index in [1.807, 2.05) is 0 Å². The lowest BCUT2D eigenvalue weighted by atomic mass is 9.79. The number of allylic oxidation sites excluding steroid dienone is 1. The number of benzene rings is 1. The molecule has 0 bridgehead atoms. The van der Waals surface area contributed by atoms with Crippen LogP contribution in [-0.4, -0.2) is 0 Å². The van der Waals surface area contributed by atoms with Crippen LogP contribution in [0.1, 0.15) is 37.7 Å². The van der Waals surface area contributed by atoms with E-state index in [2.05, 4.69) is 0 Å². The molecule has 0 aliphatic heterocycles. The van der Waals surface area contributed by atoms with E-state index in [0.29, 0.717) is 18.2 Å². The predicted molar refractivity (Wildman–Crippen MR) is 70.4 cm³/mol. The Kier molecular flexibility index (Phi) is 5.06. The van der Waals surface area contributed by atoms with E-state index in [0.717, 1.165) is 44.1 Å². The Bertz CT molecular complexity index is 432. The number of aryl methyl sites for hydroxylation is 1. The first kappa shape index (κ1) is 14.2. The van der Waals surface area contributed by atoms with Crippen molar-refractivity contribution >= 4 is 0 Å². The minimum absolute atomic E-state index is 0.379. The lowest BCUT2D eigenvalue weighted by molar-refractivity contribution is 0.295. The van der Waals surface area contributed by atoms with E-state index in [-0.39, 0.29) is 0 Å². The number of rotatable bonds is 4. The molecule has 0 amide bonds. The summed E-state index contributed by atoms with van der Waals surface area (Å²) in [5, 5.41) is 0. The average molecular weight is 268 g/mol. The first-order chi connectivity index (χ1) is 9.19. The largest absolute Gasteiger partial charge is 0.216 e. The van der Waals surface area contributed by atoms with Gasteiger partial charge in [0.25, 0.3) is 0 Å².